The summed E-state index contributed by atoms with van der Waals surface area (Å²) in [6.45, 7) is 0. The summed E-state index contributed by atoms with van der Waals surface area (Å²) in [5, 5.41) is 0. The Hall–Kier alpha value is -0.680. The second kappa shape index (κ2) is 2.42. The summed E-state index contributed by atoms with van der Waals surface area (Å²) in [7, 11) is 0. The molecule has 0 saturated carbocycles. The number of hydrogen-bond donors (Lipinski definition) is 1. The zero-order chi connectivity index (χ0) is 7.84. The number of oxazole rings is 1. The fourth-order valence-corrected chi connectivity index (χ4v) is 1.45. The van der Waals surface area contributed by atoms with Crippen molar-refractivity contribution >= 4 is 39.2 Å². The Labute approximate surface area is 75.6 Å². The van der Waals surface area contributed by atoms with Gasteiger partial charge in [0.1, 0.15) is 10.1 Å². The third-order valence-electron chi connectivity index (χ3n) is 1.30. The van der Waals surface area contributed by atoms with E-state index in [4.69, 9.17) is 16.6 Å². The van der Waals surface area contributed by atoms with E-state index in [1.54, 1.807) is 12.3 Å². The molecule has 0 aliphatic carbocycles. The Morgan fingerprint density at radius 3 is 3.18 bits per heavy atom. The molecule has 0 spiro atoms. The molecule has 56 valence electrons. The van der Waals surface area contributed by atoms with Gasteiger partial charge in [-0.05, 0) is 28.1 Å². The van der Waals surface area contributed by atoms with Gasteiger partial charge in [-0.25, -0.2) is 4.98 Å². The van der Waals surface area contributed by atoms with Crippen LogP contribution < -0.4 is 0 Å². The first-order valence-corrected chi connectivity index (χ1v) is 4.11. The molecule has 0 fully saturated rings. The number of rotatable bonds is 0. The molecule has 11 heavy (non-hydrogen) atoms. The van der Waals surface area contributed by atoms with Crippen LogP contribution in [0.4, 0.5) is 0 Å². The minimum atomic E-state index is 0.369. The summed E-state index contributed by atoms with van der Waals surface area (Å²) < 4.78 is 5.86. The molecule has 2 rings (SSSR count). The van der Waals surface area contributed by atoms with Crippen molar-refractivity contribution in [1.29, 1.82) is 0 Å². The van der Waals surface area contributed by atoms with Gasteiger partial charge in [-0.3, -0.25) is 0 Å². The lowest BCUT2D eigenvalue weighted by Crippen LogP contribution is -1.74. The van der Waals surface area contributed by atoms with Crippen molar-refractivity contribution < 1.29 is 4.42 Å². The third-order valence-corrected chi connectivity index (χ3v) is 2.08. The van der Waals surface area contributed by atoms with E-state index >= 15 is 0 Å². The molecule has 3 nitrogen and oxygen atoms in total. The van der Waals surface area contributed by atoms with Crippen LogP contribution in [0, 0.1) is 4.84 Å². The van der Waals surface area contributed by atoms with Crippen LogP contribution in [0.2, 0.25) is 0 Å². The van der Waals surface area contributed by atoms with Crippen molar-refractivity contribution in [2.75, 3.05) is 0 Å². The quantitative estimate of drug-likeness (QED) is 0.559. The number of fused-ring (bicyclic) bond motifs is 1. The standard InChI is InChI=1S/C6H3BrN2OS/c7-5-4-3(1-2-8-5)10-6(11)9-4/h1-2H,(H,9,11). The largest absolute Gasteiger partial charge is 0.429 e. The van der Waals surface area contributed by atoms with Crippen molar-refractivity contribution in [3.63, 3.8) is 0 Å². The average molecular weight is 231 g/mol. The molecule has 2 aromatic heterocycles. The second-order valence-corrected chi connectivity index (χ2v) is 3.11. The van der Waals surface area contributed by atoms with Crippen molar-refractivity contribution in [3.05, 3.63) is 21.7 Å². The molecule has 5 heteroatoms. The number of aromatic nitrogens is 2. The third kappa shape index (κ3) is 1.10. The first-order valence-electron chi connectivity index (χ1n) is 2.91. The van der Waals surface area contributed by atoms with E-state index in [0.29, 0.717) is 4.84 Å². The number of aromatic amines is 1. The van der Waals surface area contributed by atoms with Crippen LogP contribution in [0.25, 0.3) is 11.1 Å². The number of H-pyrrole nitrogens is 1. The summed E-state index contributed by atoms with van der Waals surface area (Å²) in [6.07, 6.45) is 1.65. The lowest BCUT2D eigenvalue weighted by atomic mass is 10.4. The van der Waals surface area contributed by atoms with Crippen LogP contribution in [-0.2, 0) is 0 Å². The van der Waals surface area contributed by atoms with Crippen LogP contribution in [0.3, 0.4) is 0 Å². The number of hydrogen-bond acceptors (Lipinski definition) is 3. The minimum absolute atomic E-state index is 0.369. The highest BCUT2D eigenvalue weighted by molar-refractivity contribution is 9.10. The molecule has 2 aromatic rings. The molecule has 0 radical (unpaired) electrons. The maximum atomic E-state index is 5.14. The van der Waals surface area contributed by atoms with Crippen LogP contribution in [0.15, 0.2) is 21.3 Å². The lowest BCUT2D eigenvalue weighted by molar-refractivity contribution is 0.583. The molecule has 0 aromatic carbocycles. The number of nitrogens with zero attached hydrogens (tertiary/aromatic N) is 1. The summed E-state index contributed by atoms with van der Waals surface area (Å²) in [4.78, 5) is 7.23. The summed E-state index contributed by atoms with van der Waals surface area (Å²) >= 11 is 8.06. The maximum Gasteiger partial charge on any atom is 0.266 e. The molecule has 0 bridgehead atoms. The zero-order valence-corrected chi connectivity index (χ0v) is 7.70. The topological polar surface area (TPSA) is 41.8 Å². The molecule has 1 N–H and O–H groups in total. The van der Waals surface area contributed by atoms with E-state index in [2.05, 4.69) is 25.9 Å². The maximum absolute atomic E-state index is 5.14. The predicted molar refractivity (Wildman–Crippen MR) is 46.9 cm³/mol. The Morgan fingerprint density at radius 2 is 2.45 bits per heavy atom. The molecular weight excluding hydrogens is 228 g/mol. The predicted octanol–water partition coefficient (Wildman–Crippen LogP) is 2.65. The zero-order valence-electron chi connectivity index (χ0n) is 5.30. The smallest absolute Gasteiger partial charge is 0.266 e. The van der Waals surface area contributed by atoms with Crippen molar-refractivity contribution in [1.82, 2.24) is 9.97 Å². The molecule has 2 heterocycles. The SMILES string of the molecule is S=c1[nH]c2c(Br)nccc2o1. The fourth-order valence-electron chi connectivity index (χ4n) is 0.846. The minimum Gasteiger partial charge on any atom is -0.429 e. The van der Waals surface area contributed by atoms with Crippen LogP contribution in [0.5, 0.6) is 0 Å². The van der Waals surface area contributed by atoms with Crippen LogP contribution in [-0.4, -0.2) is 9.97 Å². The fraction of sp³-hybridized carbons (Fsp3) is 0. The number of nitrogens with one attached hydrogen (secondary N) is 1. The van der Waals surface area contributed by atoms with E-state index < -0.39 is 0 Å². The van der Waals surface area contributed by atoms with Gasteiger partial charge in [-0.15, -0.1) is 0 Å². The molecule has 0 aliphatic heterocycles. The van der Waals surface area contributed by atoms with Crippen LogP contribution >= 0.6 is 28.1 Å². The normalized spacial score (nSPS) is 10.6. The van der Waals surface area contributed by atoms with Crippen molar-refractivity contribution in [3.8, 4) is 0 Å². The van der Waals surface area contributed by atoms with Crippen molar-refractivity contribution in [2.24, 2.45) is 0 Å². The van der Waals surface area contributed by atoms with Gasteiger partial charge in [0.2, 0.25) is 0 Å². The van der Waals surface area contributed by atoms with Gasteiger partial charge in [0, 0.05) is 12.3 Å². The molecule has 0 aliphatic rings. The Kier molecular flexibility index (Phi) is 1.54. The molecule has 0 saturated heterocycles. The molecular formula is C6H3BrN2OS. The van der Waals surface area contributed by atoms with Gasteiger partial charge < -0.3 is 9.40 Å². The van der Waals surface area contributed by atoms with E-state index in [-0.39, 0.29) is 0 Å². The van der Waals surface area contributed by atoms with Gasteiger partial charge in [0.05, 0.1) is 0 Å². The molecule has 0 atom stereocenters. The molecule has 0 amide bonds. The lowest BCUT2D eigenvalue weighted by Gasteiger charge is -1.87. The first-order chi connectivity index (χ1) is 5.27. The Bertz CT molecular complexity index is 447. The van der Waals surface area contributed by atoms with Gasteiger partial charge >= 0.3 is 0 Å². The van der Waals surface area contributed by atoms with Gasteiger partial charge in [-0.1, -0.05) is 0 Å². The average Bonchev–Trinajstić information content (AvgIpc) is 2.31. The van der Waals surface area contributed by atoms with Crippen molar-refractivity contribution in [2.45, 2.75) is 0 Å². The second-order valence-electron chi connectivity index (χ2n) is 1.99. The van der Waals surface area contributed by atoms with Gasteiger partial charge in [-0.2, -0.15) is 0 Å². The van der Waals surface area contributed by atoms with E-state index in [0.717, 1.165) is 15.7 Å². The highest BCUT2D eigenvalue weighted by Gasteiger charge is 2.01. The first kappa shape index (κ1) is 7.00. The van der Waals surface area contributed by atoms with Gasteiger partial charge in [0.25, 0.3) is 4.84 Å². The Balaban J connectivity index is 3.01. The Morgan fingerprint density at radius 1 is 1.64 bits per heavy atom. The number of halogens is 1. The monoisotopic (exact) mass is 230 g/mol. The van der Waals surface area contributed by atoms with E-state index in [1.165, 1.54) is 0 Å². The van der Waals surface area contributed by atoms with Crippen LogP contribution in [0.1, 0.15) is 0 Å². The molecule has 0 unspecified atom stereocenters. The number of pyridine rings is 1. The highest BCUT2D eigenvalue weighted by atomic mass is 79.9. The summed E-state index contributed by atoms with van der Waals surface area (Å²) in [5.41, 5.74) is 1.52. The van der Waals surface area contributed by atoms with Gasteiger partial charge in [0.15, 0.2) is 5.58 Å². The highest BCUT2D eigenvalue weighted by Crippen LogP contribution is 2.19. The van der Waals surface area contributed by atoms with E-state index in [9.17, 15) is 0 Å². The summed E-state index contributed by atoms with van der Waals surface area (Å²) in [5.74, 6) is 0. The van der Waals surface area contributed by atoms with E-state index in [1.807, 2.05) is 0 Å². The summed E-state index contributed by atoms with van der Waals surface area (Å²) in [6, 6.07) is 1.76.